The number of para-hydroxylation sites is 1. The van der Waals surface area contributed by atoms with E-state index in [0.717, 1.165) is 18.9 Å². The van der Waals surface area contributed by atoms with Crippen LogP contribution in [0.4, 0.5) is 5.69 Å². The topological polar surface area (TPSA) is 107 Å². The molecule has 0 unspecified atom stereocenters. The Morgan fingerprint density at radius 1 is 1.55 bits per heavy atom. The van der Waals surface area contributed by atoms with Gasteiger partial charge in [0.25, 0.3) is 5.91 Å². The van der Waals surface area contributed by atoms with Crippen molar-refractivity contribution in [1.82, 2.24) is 4.90 Å². The summed E-state index contributed by atoms with van der Waals surface area (Å²) in [4.78, 5) is 23.9. The highest BCUT2D eigenvalue weighted by Gasteiger charge is 2.34. The lowest BCUT2D eigenvalue weighted by molar-refractivity contribution is -0.385. The maximum absolute atomic E-state index is 12.4. The quantitative estimate of drug-likeness (QED) is 0.651. The van der Waals surface area contributed by atoms with Crippen molar-refractivity contribution in [3.8, 4) is 11.8 Å². The normalized spacial score (nSPS) is 13.6. The number of hydrogen-bond donors (Lipinski definition) is 1. The predicted octanol–water partition coefficient (Wildman–Crippen LogP) is 1.82. The molecule has 0 spiro atoms. The highest BCUT2D eigenvalue weighted by Crippen LogP contribution is 2.33. The SMILES string of the molecule is N#CCCN(C(=O)c1cccc([N+](=O)[O-])c1O)C1CC1. The van der Waals surface area contributed by atoms with Gasteiger partial charge in [-0.05, 0) is 18.9 Å². The van der Waals surface area contributed by atoms with Crippen LogP contribution in [0.5, 0.6) is 5.75 Å². The molecule has 7 heteroatoms. The minimum absolute atomic E-state index is 0.0644. The summed E-state index contributed by atoms with van der Waals surface area (Å²) in [5.41, 5.74) is -0.587. The molecule has 1 aliphatic rings. The Kier molecular flexibility index (Phi) is 3.84. The predicted molar refractivity (Wildman–Crippen MR) is 69.0 cm³/mol. The van der Waals surface area contributed by atoms with Gasteiger partial charge in [-0.3, -0.25) is 14.9 Å². The number of benzene rings is 1. The number of nitro groups is 1. The minimum atomic E-state index is -0.733. The Labute approximate surface area is 115 Å². The van der Waals surface area contributed by atoms with E-state index in [9.17, 15) is 20.0 Å². The molecule has 1 aromatic rings. The van der Waals surface area contributed by atoms with Crippen LogP contribution in [0.15, 0.2) is 18.2 Å². The Bertz CT molecular complexity index is 590. The van der Waals surface area contributed by atoms with Crippen molar-refractivity contribution in [3.63, 3.8) is 0 Å². The second-order valence-corrected chi connectivity index (χ2v) is 4.57. The second kappa shape index (κ2) is 5.57. The van der Waals surface area contributed by atoms with E-state index in [1.807, 2.05) is 6.07 Å². The fraction of sp³-hybridized carbons (Fsp3) is 0.385. The minimum Gasteiger partial charge on any atom is -0.502 e. The third kappa shape index (κ3) is 2.69. The van der Waals surface area contributed by atoms with Crippen molar-refractivity contribution in [2.45, 2.75) is 25.3 Å². The van der Waals surface area contributed by atoms with Gasteiger partial charge in [0.2, 0.25) is 5.75 Å². The number of hydrogen-bond acceptors (Lipinski definition) is 5. The zero-order chi connectivity index (χ0) is 14.7. The van der Waals surface area contributed by atoms with E-state index in [-0.39, 0.29) is 24.6 Å². The average Bonchev–Trinajstić information content (AvgIpc) is 3.23. The molecule has 1 aliphatic carbocycles. The van der Waals surface area contributed by atoms with Crippen LogP contribution in [0.25, 0.3) is 0 Å². The molecular weight excluding hydrogens is 262 g/mol. The van der Waals surface area contributed by atoms with Crippen LogP contribution >= 0.6 is 0 Å². The largest absolute Gasteiger partial charge is 0.502 e. The van der Waals surface area contributed by atoms with Crippen LogP contribution in [-0.4, -0.2) is 33.4 Å². The van der Waals surface area contributed by atoms with Gasteiger partial charge in [-0.25, -0.2) is 0 Å². The number of nitrogens with zero attached hydrogens (tertiary/aromatic N) is 3. The molecule has 104 valence electrons. The Hall–Kier alpha value is -2.62. The second-order valence-electron chi connectivity index (χ2n) is 4.57. The van der Waals surface area contributed by atoms with Crippen LogP contribution in [0.2, 0.25) is 0 Å². The van der Waals surface area contributed by atoms with E-state index in [1.165, 1.54) is 17.0 Å². The van der Waals surface area contributed by atoms with Crippen LogP contribution in [0.3, 0.4) is 0 Å². The fourth-order valence-corrected chi connectivity index (χ4v) is 2.01. The first-order chi connectivity index (χ1) is 9.56. The summed E-state index contributed by atoms with van der Waals surface area (Å²) in [5.74, 6) is -1.09. The highest BCUT2D eigenvalue weighted by atomic mass is 16.6. The van der Waals surface area contributed by atoms with Gasteiger partial charge < -0.3 is 10.0 Å². The Morgan fingerprint density at radius 3 is 2.80 bits per heavy atom. The highest BCUT2D eigenvalue weighted by molar-refractivity contribution is 5.98. The van der Waals surface area contributed by atoms with E-state index in [4.69, 9.17) is 5.26 Å². The first-order valence-electron chi connectivity index (χ1n) is 6.20. The van der Waals surface area contributed by atoms with E-state index in [0.29, 0.717) is 0 Å². The van der Waals surface area contributed by atoms with Crippen LogP contribution in [0.1, 0.15) is 29.6 Å². The van der Waals surface area contributed by atoms with Crippen molar-refractivity contribution in [1.29, 1.82) is 5.26 Å². The lowest BCUT2D eigenvalue weighted by Crippen LogP contribution is -2.34. The van der Waals surface area contributed by atoms with Gasteiger partial charge >= 0.3 is 5.69 Å². The first-order valence-corrected chi connectivity index (χ1v) is 6.20. The zero-order valence-electron chi connectivity index (χ0n) is 10.7. The molecule has 2 rings (SSSR count). The molecule has 1 N–H and O–H groups in total. The third-order valence-corrected chi connectivity index (χ3v) is 3.15. The standard InChI is InChI=1S/C13H13N3O4/c14-7-2-8-15(9-5-6-9)13(18)10-3-1-4-11(12(10)17)16(19)20/h1,3-4,9,17H,2,5-6,8H2. The van der Waals surface area contributed by atoms with Crippen molar-refractivity contribution in [3.05, 3.63) is 33.9 Å². The van der Waals surface area contributed by atoms with Crippen molar-refractivity contribution in [2.75, 3.05) is 6.54 Å². The van der Waals surface area contributed by atoms with Gasteiger partial charge in [-0.15, -0.1) is 0 Å². The molecule has 1 saturated carbocycles. The molecule has 0 radical (unpaired) electrons. The molecule has 20 heavy (non-hydrogen) atoms. The molecule has 0 bridgehead atoms. The van der Waals surface area contributed by atoms with Crippen molar-refractivity contribution < 1.29 is 14.8 Å². The van der Waals surface area contributed by atoms with Gasteiger partial charge in [0.15, 0.2) is 0 Å². The number of amides is 1. The molecule has 0 aromatic heterocycles. The number of phenols is 1. The molecule has 0 saturated heterocycles. The number of phenolic OH excluding ortho intramolecular Hbond substituents is 1. The zero-order valence-corrected chi connectivity index (χ0v) is 10.7. The molecule has 0 heterocycles. The molecule has 0 atom stereocenters. The Morgan fingerprint density at radius 2 is 2.25 bits per heavy atom. The number of rotatable bonds is 5. The van der Waals surface area contributed by atoms with Gasteiger partial charge in [0.05, 0.1) is 23.0 Å². The fourth-order valence-electron chi connectivity index (χ4n) is 2.01. The summed E-state index contributed by atoms with van der Waals surface area (Å²) in [6.45, 7) is 0.266. The number of nitro benzene ring substituents is 1. The Balaban J connectivity index is 2.30. The van der Waals surface area contributed by atoms with Gasteiger partial charge in [-0.2, -0.15) is 5.26 Å². The van der Waals surface area contributed by atoms with Crippen LogP contribution in [0, 0.1) is 21.4 Å². The molecule has 1 aromatic carbocycles. The summed E-state index contributed by atoms with van der Waals surface area (Å²) < 4.78 is 0. The van der Waals surface area contributed by atoms with E-state index >= 15 is 0 Å². The molecule has 0 aliphatic heterocycles. The number of aromatic hydroxyl groups is 1. The van der Waals surface area contributed by atoms with Gasteiger partial charge in [0.1, 0.15) is 0 Å². The third-order valence-electron chi connectivity index (χ3n) is 3.15. The van der Waals surface area contributed by atoms with E-state index < -0.39 is 22.3 Å². The number of carbonyl (C=O) groups is 1. The number of nitriles is 1. The summed E-state index contributed by atoms with van der Waals surface area (Å²) in [6.07, 6.45) is 1.90. The lowest BCUT2D eigenvalue weighted by atomic mass is 10.1. The summed E-state index contributed by atoms with van der Waals surface area (Å²) >= 11 is 0. The smallest absolute Gasteiger partial charge is 0.311 e. The van der Waals surface area contributed by atoms with Crippen LogP contribution < -0.4 is 0 Å². The van der Waals surface area contributed by atoms with E-state index in [1.54, 1.807) is 0 Å². The average molecular weight is 275 g/mol. The molecule has 7 nitrogen and oxygen atoms in total. The van der Waals surface area contributed by atoms with Crippen molar-refractivity contribution >= 4 is 11.6 Å². The molecule has 1 amide bonds. The van der Waals surface area contributed by atoms with Gasteiger partial charge in [-0.1, -0.05) is 6.07 Å². The summed E-state index contributed by atoms with van der Waals surface area (Å²) in [6, 6.07) is 5.89. The van der Waals surface area contributed by atoms with Crippen LogP contribution in [-0.2, 0) is 0 Å². The van der Waals surface area contributed by atoms with Crippen molar-refractivity contribution in [2.24, 2.45) is 0 Å². The maximum atomic E-state index is 12.4. The van der Waals surface area contributed by atoms with E-state index in [2.05, 4.69) is 0 Å². The summed E-state index contributed by atoms with van der Waals surface area (Å²) in [7, 11) is 0. The first kappa shape index (κ1) is 13.8. The number of carbonyl (C=O) groups excluding carboxylic acids is 1. The monoisotopic (exact) mass is 275 g/mol. The molecule has 1 fully saturated rings. The van der Waals surface area contributed by atoms with Gasteiger partial charge in [0, 0.05) is 18.7 Å². The summed E-state index contributed by atoms with van der Waals surface area (Å²) in [5, 5.41) is 29.2. The maximum Gasteiger partial charge on any atom is 0.311 e. The molecular formula is C13H13N3O4. The lowest BCUT2D eigenvalue weighted by Gasteiger charge is -2.21.